The molecule has 0 unspecified atom stereocenters. The van der Waals surface area contributed by atoms with E-state index >= 15 is 0 Å². The summed E-state index contributed by atoms with van der Waals surface area (Å²) in [7, 11) is 0. The molecule has 1 aromatic heterocycles. The average molecular weight is 269 g/mol. The van der Waals surface area contributed by atoms with Crippen molar-refractivity contribution in [1.82, 2.24) is 15.1 Å². The Morgan fingerprint density at radius 3 is 2.90 bits per heavy atom. The monoisotopic (exact) mass is 269 g/mol. The Bertz CT molecular complexity index is 658. The summed E-state index contributed by atoms with van der Waals surface area (Å²) in [5.74, 6) is 0.161. The molecule has 3 rings (SSSR count). The molecule has 2 heterocycles. The lowest BCUT2D eigenvalue weighted by atomic mass is 10.0. The van der Waals surface area contributed by atoms with Gasteiger partial charge in [0.1, 0.15) is 0 Å². The molecule has 0 saturated carbocycles. The molecule has 0 spiro atoms. The van der Waals surface area contributed by atoms with Gasteiger partial charge in [-0.2, -0.15) is 5.10 Å². The lowest BCUT2D eigenvalue weighted by molar-refractivity contribution is 0.0990. The van der Waals surface area contributed by atoms with E-state index in [0.717, 1.165) is 36.6 Å². The molecule has 0 aliphatic carbocycles. The third-order valence-electron chi connectivity index (χ3n) is 3.79. The molecule has 0 bridgehead atoms. The van der Waals surface area contributed by atoms with Crippen LogP contribution in [0.5, 0.6) is 0 Å². The molecule has 4 heteroatoms. The Balaban J connectivity index is 1.82. The van der Waals surface area contributed by atoms with Gasteiger partial charge in [0.15, 0.2) is 5.78 Å². The summed E-state index contributed by atoms with van der Waals surface area (Å²) in [6.07, 6.45) is 0.418. The van der Waals surface area contributed by atoms with Gasteiger partial charge in [0, 0.05) is 30.9 Å². The highest BCUT2D eigenvalue weighted by Gasteiger charge is 2.15. The van der Waals surface area contributed by atoms with Gasteiger partial charge in [0.05, 0.1) is 12.1 Å². The Morgan fingerprint density at radius 1 is 1.30 bits per heavy atom. The van der Waals surface area contributed by atoms with Crippen molar-refractivity contribution in [1.29, 1.82) is 0 Å². The molecule has 104 valence electrons. The van der Waals surface area contributed by atoms with Gasteiger partial charge in [-0.25, -0.2) is 0 Å². The fourth-order valence-electron chi connectivity index (χ4n) is 2.75. The van der Waals surface area contributed by atoms with Crippen LogP contribution in [-0.4, -0.2) is 15.6 Å². The first-order chi connectivity index (χ1) is 9.67. The van der Waals surface area contributed by atoms with Crippen molar-refractivity contribution in [2.75, 3.05) is 0 Å². The smallest absolute Gasteiger partial charge is 0.168 e. The molecule has 1 aromatic carbocycles. The molecule has 0 fully saturated rings. The van der Waals surface area contributed by atoms with E-state index in [-0.39, 0.29) is 5.78 Å². The van der Waals surface area contributed by atoms with Crippen LogP contribution < -0.4 is 5.32 Å². The highest BCUT2D eigenvalue weighted by molar-refractivity contribution is 5.97. The summed E-state index contributed by atoms with van der Waals surface area (Å²) in [6.45, 7) is 6.57. The number of nitrogens with one attached hydrogen (secondary N) is 1. The maximum absolute atomic E-state index is 12.4. The normalized spacial score (nSPS) is 13.5. The van der Waals surface area contributed by atoms with Gasteiger partial charge < -0.3 is 5.32 Å². The zero-order chi connectivity index (χ0) is 14.1. The quantitative estimate of drug-likeness (QED) is 0.866. The summed E-state index contributed by atoms with van der Waals surface area (Å²) in [5, 5.41) is 7.69. The molecule has 0 radical (unpaired) electrons. The van der Waals surface area contributed by atoms with Crippen molar-refractivity contribution in [2.24, 2.45) is 0 Å². The number of hydrogen-bond donors (Lipinski definition) is 1. The molecule has 1 N–H and O–H groups in total. The molecular weight excluding hydrogens is 250 g/mol. The Morgan fingerprint density at radius 2 is 2.10 bits per heavy atom. The number of carbonyl (C=O) groups is 1. The first-order valence-corrected chi connectivity index (χ1v) is 7.06. The zero-order valence-corrected chi connectivity index (χ0v) is 11.9. The molecular formula is C16H19N3O. The fourth-order valence-corrected chi connectivity index (χ4v) is 2.75. The minimum absolute atomic E-state index is 0.161. The number of carbonyl (C=O) groups excluding carboxylic acids is 1. The van der Waals surface area contributed by atoms with E-state index in [1.54, 1.807) is 0 Å². The van der Waals surface area contributed by atoms with Gasteiger partial charge in [0.25, 0.3) is 0 Å². The van der Waals surface area contributed by atoms with Crippen molar-refractivity contribution in [3.8, 4) is 0 Å². The van der Waals surface area contributed by atoms with E-state index < -0.39 is 0 Å². The molecule has 4 nitrogen and oxygen atoms in total. The van der Waals surface area contributed by atoms with Gasteiger partial charge in [0.2, 0.25) is 0 Å². The number of ketones is 1. The minimum atomic E-state index is 0.161. The van der Waals surface area contributed by atoms with Gasteiger partial charge in [-0.05, 0) is 37.1 Å². The number of nitrogens with zero attached hydrogens (tertiary/aromatic N) is 2. The predicted octanol–water partition coefficient (Wildman–Crippen LogP) is 2.24. The Labute approximate surface area is 118 Å². The van der Waals surface area contributed by atoms with Crippen molar-refractivity contribution in [2.45, 2.75) is 39.9 Å². The van der Waals surface area contributed by atoms with Crippen LogP contribution in [-0.2, 0) is 26.1 Å². The first kappa shape index (κ1) is 13.1. The highest BCUT2D eigenvalue weighted by atomic mass is 16.1. The second-order valence-corrected chi connectivity index (χ2v) is 5.28. The molecule has 0 atom stereocenters. The van der Waals surface area contributed by atoms with Crippen LogP contribution in [0.15, 0.2) is 24.3 Å². The molecule has 0 amide bonds. The Kier molecular flexibility index (Phi) is 3.40. The van der Waals surface area contributed by atoms with Crippen molar-refractivity contribution in [3.05, 3.63) is 52.3 Å². The number of Topliss-reactive ketones (excluding diaryl/α,β-unsaturated/α-hetero) is 1. The molecule has 20 heavy (non-hydrogen) atoms. The number of fused-ring (bicyclic) bond motifs is 1. The van der Waals surface area contributed by atoms with Crippen molar-refractivity contribution in [3.63, 3.8) is 0 Å². The fraction of sp³-hybridized carbons (Fsp3) is 0.375. The minimum Gasteiger partial charge on any atom is -0.309 e. The SMILES string of the molecule is CCn1nc(C)cc1CC(=O)c1ccc2c(c1)CNC2. The summed E-state index contributed by atoms with van der Waals surface area (Å²) in [6, 6.07) is 8.02. The Hall–Kier alpha value is -1.94. The predicted molar refractivity (Wildman–Crippen MR) is 77.7 cm³/mol. The number of hydrogen-bond acceptors (Lipinski definition) is 3. The van der Waals surface area contributed by atoms with Crippen LogP contribution in [0.1, 0.15) is 39.8 Å². The average Bonchev–Trinajstić information content (AvgIpc) is 3.03. The van der Waals surface area contributed by atoms with Crippen LogP contribution >= 0.6 is 0 Å². The van der Waals surface area contributed by atoms with Crippen LogP contribution in [0.4, 0.5) is 0 Å². The van der Waals surface area contributed by atoms with E-state index in [0.29, 0.717) is 6.42 Å². The van der Waals surface area contributed by atoms with Gasteiger partial charge >= 0.3 is 0 Å². The third-order valence-corrected chi connectivity index (χ3v) is 3.79. The van der Waals surface area contributed by atoms with Crippen LogP contribution in [0.3, 0.4) is 0 Å². The number of rotatable bonds is 4. The van der Waals surface area contributed by atoms with E-state index in [1.165, 1.54) is 11.1 Å². The van der Waals surface area contributed by atoms with Gasteiger partial charge in [-0.15, -0.1) is 0 Å². The third kappa shape index (κ3) is 2.39. The van der Waals surface area contributed by atoms with E-state index in [9.17, 15) is 4.79 Å². The second-order valence-electron chi connectivity index (χ2n) is 5.28. The first-order valence-electron chi connectivity index (χ1n) is 7.06. The number of aromatic nitrogens is 2. The van der Waals surface area contributed by atoms with E-state index in [2.05, 4.69) is 16.5 Å². The molecule has 1 aliphatic heterocycles. The van der Waals surface area contributed by atoms with Crippen LogP contribution in [0.25, 0.3) is 0 Å². The van der Waals surface area contributed by atoms with E-state index in [1.807, 2.05) is 36.7 Å². The maximum Gasteiger partial charge on any atom is 0.168 e. The second kappa shape index (κ2) is 5.21. The molecule has 2 aromatic rings. The van der Waals surface area contributed by atoms with Crippen LogP contribution in [0.2, 0.25) is 0 Å². The summed E-state index contributed by atoms with van der Waals surface area (Å²) < 4.78 is 1.90. The van der Waals surface area contributed by atoms with Gasteiger partial charge in [-0.1, -0.05) is 12.1 Å². The standard InChI is InChI=1S/C16H19N3O/c1-3-19-15(6-11(2)18-19)8-16(20)12-4-5-13-9-17-10-14(13)7-12/h4-7,17H,3,8-10H2,1-2H3. The number of aryl methyl sites for hydroxylation is 2. The van der Waals surface area contributed by atoms with Crippen LogP contribution in [0, 0.1) is 6.92 Å². The zero-order valence-electron chi connectivity index (χ0n) is 11.9. The topological polar surface area (TPSA) is 46.9 Å². The van der Waals surface area contributed by atoms with Crippen molar-refractivity contribution < 1.29 is 4.79 Å². The maximum atomic E-state index is 12.4. The summed E-state index contributed by atoms with van der Waals surface area (Å²) >= 11 is 0. The van der Waals surface area contributed by atoms with Gasteiger partial charge in [-0.3, -0.25) is 9.48 Å². The van der Waals surface area contributed by atoms with Crippen molar-refractivity contribution >= 4 is 5.78 Å². The summed E-state index contributed by atoms with van der Waals surface area (Å²) in [5.41, 5.74) is 5.31. The molecule has 0 saturated heterocycles. The highest BCUT2D eigenvalue weighted by Crippen LogP contribution is 2.18. The number of benzene rings is 1. The molecule has 1 aliphatic rings. The lowest BCUT2D eigenvalue weighted by Gasteiger charge is -2.06. The lowest BCUT2D eigenvalue weighted by Crippen LogP contribution is -2.10. The van der Waals surface area contributed by atoms with E-state index in [4.69, 9.17) is 0 Å². The largest absolute Gasteiger partial charge is 0.309 e. The summed E-state index contributed by atoms with van der Waals surface area (Å²) in [4.78, 5) is 12.4.